The maximum absolute atomic E-state index is 11.7. The average molecular weight is 286 g/mol. The summed E-state index contributed by atoms with van der Waals surface area (Å²) in [6, 6.07) is 7.91. The Morgan fingerprint density at radius 1 is 1.29 bits per heavy atom. The zero-order chi connectivity index (χ0) is 14.9. The molecular weight excluding hydrogens is 268 g/mol. The molecule has 1 aliphatic carbocycles. The van der Waals surface area contributed by atoms with Gasteiger partial charge in [-0.05, 0) is 30.2 Å². The van der Waals surface area contributed by atoms with Crippen LogP contribution in [0.15, 0.2) is 24.3 Å². The Balaban J connectivity index is 1.92. The second-order valence-corrected chi connectivity index (χ2v) is 5.82. The first-order chi connectivity index (χ1) is 10.1. The highest BCUT2D eigenvalue weighted by atomic mass is 16.4. The Morgan fingerprint density at radius 3 is 2.57 bits per heavy atom. The second kappa shape index (κ2) is 5.27. The van der Waals surface area contributed by atoms with Gasteiger partial charge in [0, 0.05) is 5.56 Å². The van der Waals surface area contributed by atoms with Crippen molar-refractivity contribution in [2.45, 2.75) is 39.2 Å². The fourth-order valence-electron chi connectivity index (χ4n) is 3.00. The zero-order valence-electron chi connectivity index (χ0n) is 12.0. The topological polar surface area (TPSA) is 80.9 Å². The molecule has 1 N–H and O–H groups in total. The molecule has 1 aromatic heterocycles. The van der Waals surface area contributed by atoms with Gasteiger partial charge in [0.2, 0.25) is 0 Å². The molecule has 0 amide bonds. The number of carbonyl (C=O) groups is 1. The maximum Gasteiger partial charge on any atom is 0.311 e. The molecule has 1 aromatic carbocycles. The van der Waals surface area contributed by atoms with Gasteiger partial charge in [-0.2, -0.15) is 0 Å². The number of nitrogens with zero attached hydrogens (tertiary/aromatic N) is 4. The van der Waals surface area contributed by atoms with Crippen LogP contribution in [0.1, 0.15) is 31.2 Å². The molecule has 2 aromatic rings. The normalized spacial score (nSPS) is 17.0. The number of aryl methyl sites for hydroxylation is 1. The summed E-state index contributed by atoms with van der Waals surface area (Å²) in [7, 11) is 0. The van der Waals surface area contributed by atoms with Gasteiger partial charge in [0.05, 0.1) is 12.0 Å². The predicted octanol–water partition coefficient (Wildman–Crippen LogP) is 2.29. The number of hydrogen-bond donors (Lipinski definition) is 1. The summed E-state index contributed by atoms with van der Waals surface area (Å²) in [4.78, 5) is 11.7. The number of rotatable bonds is 4. The minimum Gasteiger partial charge on any atom is -0.481 e. The minimum atomic E-state index is -0.745. The molecular formula is C15H18N4O2. The molecule has 6 nitrogen and oxygen atoms in total. The summed E-state index contributed by atoms with van der Waals surface area (Å²) in [6.07, 6.45) is 3.29. The minimum absolute atomic E-state index is 0.332. The molecule has 0 bridgehead atoms. The molecule has 0 spiro atoms. The van der Waals surface area contributed by atoms with Crippen molar-refractivity contribution in [1.82, 2.24) is 20.2 Å². The van der Waals surface area contributed by atoms with Crippen LogP contribution >= 0.6 is 0 Å². The van der Waals surface area contributed by atoms with Crippen LogP contribution in [-0.4, -0.2) is 31.3 Å². The van der Waals surface area contributed by atoms with Crippen LogP contribution in [0.25, 0.3) is 11.4 Å². The standard InChI is InChI=1S/C15H18N4O2/c1-11-4-6-12(7-5-11)13-16-17-18-19(13)10-15(14(20)21)8-2-3-9-15/h4-7H,2-3,8-10H2,1H3,(H,20,21). The van der Waals surface area contributed by atoms with Crippen LogP contribution in [0.5, 0.6) is 0 Å². The van der Waals surface area contributed by atoms with E-state index in [1.54, 1.807) is 4.68 Å². The molecule has 6 heteroatoms. The van der Waals surface area contributed by atoms with Gasteiger partial charge in [-0.15, -0.1) is 5.10 Å². The van der Waals surface area contributed by atoms with Crippen LogP contribution in [-0.2, 0) is 11.3 Å². The number of hydrogen-bond acceptors (Lipinski definition) is 4. The fraction of sp³-hybridized carbons (Fsp3) is 0.467. The Labute approximate surface area is 122 Å². The average Bonchev–Trinajstić information content (AvgIpc) is 3.10. The molecule has 110 valence electrons. The van der Waals surface area contributed by atoms with Crippen LogP contribution in [0.3, 0.4) is 0 Å². The molecule has 0 aliphatic heterocycles. The van der Waals surface area contributed by atoms with Crippen molar-refractivity contribution in [2.75, 3.05) is 0 Å². The van der Waals surface area contributed by atoms with Crippen LogP contribution in [0.2, 0.25) is 0 Å². The Kier molecular flexibility index (Phi) is 3.45. The zero-order valence-corrected chi connectivity index (χ0v) is 12.0. The molecule has 0 atom stereocenters. The Hall–Kier alpha value is -2.24. The van der Waals surface area contributed by atoms with E-state index in [1.807, 2.05) is 31.2 Å². The third-order valence-corrected chi connectivity index (χ3v) is 4.31. The van der Waals surface area contributed by atoms with E-state index in [1.165, 1.54) is 0 Å². The molecule has 21 heavy (non-hydrogen) atoms. The van der Waals surface area contributed by atoms with Gasteiger partial charge < -0.3 is 5.11 Å². The Morgan fingerprint density at radius 2 is 1.95 bits per heavy atom. The van der Waals surface area contributed by atoms with Crippen LogP contribution < -0.4 is 0 Å². The highest BCUT2D eigenvalue weighted by molar-refractivity contribution is 5.75. The lowest BCUT2D eigenvalue weighted by Gasteiger charge is -2.23. The van der Waals surface area contributed by atoms with E-state index in [0.717, 1.165) is 24.0 Å². The molecule has 0 saturated heterocycles. The van der Waals surface area contributed by atoms with E-state index >= 15 is 0 Å². The Bertz CT molecular complexity index is 642. The van der Waals surface area contributed by atoms with E-state index in [0.29, 0.717) is 25.2 Å². The van der Waals surface area contributed by atoms with Crippen LogP contribution in [0, 0.1) is 12.3 Å². The van der Waals surface area contributed by atoms with Gasteiger partial charge in [0.1, 0.15) is 0 Å². The number of aliphatic carboxylic acids is 1. The van der Waals surface area contributed by atoms with E-state index in [4.69, 9.17) is 0 Å². The van der Waals surface area contributed by atoms with Gasteiger partial charge in [0.15, 0.2) is 5.82 Å². The number of carboxylic acid groups (broad SMARTS) is 1. The molecule has 1 heterocycles. The summed E-state index contributed by atoms with van der Waals surface area (Å²) in [5.74, 6) is -0.118. The lowest BCUT2D eigenvalue weighted by Crippen LogP contribution is -2.33. The first-order valence-corrected chi connectivity index (χ1v) is 7.17. The fourth-order valence-corrected chi connectivity index (χ4v) is 3.00. The summed E-state index contributed by atoms with van der Waals surface area (Å²) < 4.78 is 1.63. The SMILES string of the molecule is Cc1ccc(-c2nnnn2CC2(C(=O)O)CCCC2)cc1. The van der Waals surface area contributed by atoms with Crippen molar-refractivity contribution < 1.29 is 9.90 Å². The summed E-state index contributed by atoms with van der Waals surface area (Å²) >= 11 is 0. The van der Waals surface area contributed by atoms with E-state index in [-0.39, 0.29) is 0 Å². The lowest BCUT2D eigenvalue weighted by molar-refractivity contribution is -0.149. The molecule has 1 aliphatic rings. The quantitative estimate of drug-likeness (QED) is 0.932. The molecule has 0 unspecified atom stereocenters. The van der Waals surface area contributed by atoms with Gasteiger partial charge in [-0.25, -0.2) is 4.68 Å². The predicted molar refractivity (Wildman–Crippen MR) is 76.5 cm³/mol. The van der Waals surface area contributed by atoms with Gasteiger partial charge >= 0.3 is 5.97 Å². The molecule has 1 saturated carbocycles. The summed E-state index contributed by atoms with van der Waals surface area (Å²) in [5, 5.41) is 21.4. The largest absolute Gasteiger partial charge is 0.481 e. The third-order valence-electron chi connectivity index (χ3n) is 4.31. The molecule has 3 rings (SSSR count). The second-order valence-electron chi connectivity index (χ2n) is 5.82. The maximum atomic E-state index is 11.7. The monoisotopic (exact) mass is 286 g/mol. The van der Waals surface area contributed by atoms with Gasteiger partial charge in [0.25, 0.3) is 0 Å². The third kappa shape index (κ3) is 2.53. The number of benzene rings is 1. The van der Waals surface area contributed by atoms with Crippen molar-refractivity contribution in [3.05, 3.63) is 29.8 Å². The highest BCUT2D eigenvalue weighted by Crippen LogP contribution is 2.40. The number of tetrazole rings is 1. The van der Waals surface area contributed by atoms with Crippen molar-refractivity contribution in [2.24, 2.45) is 5.41 Å². The van der Waals surface area contributed by atoms with Gasteiger partial charge in [-0.3, -0.25) is 4.79 Å². The molecule has 0 radical (unpaired) electrons. The first kappa shape index (κ1) is 13.7. The summed E-state index contributed by atoms with van der Waals surface area (Å²) in [5.41, 5.74) is 1.34. The van der Waals surface area contributed by atoms with E-state index < -0.39 is 11.4 Å². The lowest BCUT2D eigenvalue weighted by atomic mass is 9.86. The first-order valence-electron chi connectivity index (χ1n) is 7.17. The van der Waals surface area contributed by atoms with E-state index in [2.05, 4.69) is 15.5 Å². The van der Waals surface area contributed by atoms with Crippen LogP contribution in [0.4, 0.5) is 0 Å². The van der Waals surface area contributed by atoms with Crippen molar-refractivity contribution >= 4 is 5.97 Å². The number of aromatic nitrogens is 4. The smallest absolute Gasteiger partial charge is 0.311 e. The van der Waals surface area contributed by atoms with Gasteiger partial charge in [-0.1, -0.05) is 42.7 Å². The number of carboxylic acids is 1. The highest BCUT2D eigenvalue weighted by Gasteiger charge is 2.42. The summed E-state index contributed by atoms with van der Waals surface area (Å²) in [6.45, 7) is 2.35. The molecule has 1 fully saturated rings. The van der Waals surface area contributed by atoms with Crippen molar-refractivity contribution in [3.8, 4) is 11.4 Å². The van der Waals surface area contributed by atoms with Crippen molar-refractivity contribution in [1.29, 1.82) is 0 Å². The van der Waals surface area contributed by atoms with E-state index in [9.17, 15) is 9.90 Å². The van der Waals surface area contributed by atoms with Crippen molar-refractivity contribution in [3.63, 3.8) is 0 Å².